The summed E-state index contributed by atoms with van der Waals surface area (Å²) in [5, 5.41) is -0.347. The number of carbonyl (C=O) groups excluding carboxylic acids is 1. The first-order valence-corrected chi connectivity index (χ1v) is 9.95. The van der Waals surface area contributed by atoms with Crippen LogP contribution in [-0.4, -0.2) is 5.78 Å². The molecule has 4 heteroatoms. The molecule has 1 unspecified atom stereocenters. The van der Waals surface area contributed by atoms with E-state index >= 15 is 0 Å². The Balaban J connectivity index is 1.75. The lowest BCUT2D eigenvalue weighted by Gasteiger charge is -2.19. The zero-order valence-electron chi connectivity index (χ0n) is 13.7. The third kappa shape index (κ3) is 2.54. The fraction of sp³-hybridized carbons (Fsp3) is 0.250. The number of ketones is 1. The Morgan fingerprint density at radius 3 is 2.42 bits per heavy atom. The van der Waals surface area contributed by atoms with Crippen LogP contribution in [-0.2, 0) is 5.41 Å². The maximum absolute atomic E-state index is 12.8. The number of thioether (sulfide) groups is 2. The summed E-state index contributed by atoms with van der Waals surface area (Å²) in [5.41, 5.74) is 3.84. The van der Waals surface area contributed by atoms with Crippen molar-refractivity contribution in [2.45, 2.75) is 41.4 Å². The number of hydrogen-bond acceptors (Lipinski definition) is 3. The van der Waals surface area contributed by atoms with Crippen molar-refractivity contribution in [3.8, 4) is 0 Å². The fourth-order valence-electron chi connectivity index (χ4n) is 3.01. The zero-order valence-corrected chi connectivity index (χ0v) is 16.1. The van der Waals surface area contributed by atoms with E-state index in [2.05, 4.69) is 39.0 Å². The molecule has 24 heavy (non-hydrogen) atoms. The maximum atomic E-state index is 12.8. The second-order valence-electron chi connectivity index (χ2n) is 7.10. The summed E-state index contributed by atoms with van der Waals surface area (Å²) in [6.07, 6.45) is 0. The van der Waals surface area contributed by atoms with Gasteiger partial charge in [-0.3, -0.25) is 4.79 Å². The second-order valence-corrected chi connectivity index (χ2v) is 9.89. The average Bonchev–Trinajstić information content (AvgIpc) is 3.06. The molecule has 0 radical (unpaired) electrons. The number of halogens is 1. The van der Waals surface area contributed by atoms with E-state index in [4.69, 9.17) is 11.6 Å². The molecule has 2 aromatic rings. The van der Waals surface area contributed by atoms with Crippen LogP contribution < -0.4 is 0 Å². The fourth-order valence-corrected chi connectivity index (χ4v) is 6.18. The van der Waals surface area contributed by atoms with Crippen LogP contribution in [0.2, 0.25) is 0 Å². The van der Waals surface area contributed by atoms with E-state index in [1.807, 2.05) is 24.3 Å². The molecule has 1 aliphatic heterocycles. The Morgan fingerprint density at radius 2 is 1.71 bits per heavy atom. The van der Waals surface area contributed by atoms with Gasteiger partial charge in [0.05, 0.1) is 9.61 Å². The van der Waals surface area contributed by atoms with Gasteiger partial charge in [-0.1, -0.05) is 74.6 Å². The van der Waals surface area contributed by atoms with E-state index < -0.39 is 0 Å². The Bertz CT molecular complexity index is 893. The molecule has 1 heterocycles. The average molecular weight is 373 g/mol. The maximum Gasteiger partial charge on any atom is 0.192 e. The van der Waals surface area contributed by atoms with Gasteiger partial charge in [0.1, 0.15) is 0 Å². The van der Waals surface area contributed by atoms with Gasteiger partial charge in [0, 0.05) is 20.9 Å². The van der Waals surface area contributed by atoms with Gasteiger partial charge in [0.15, 0.2) is 5.78 Å². The molecule has 0 saturated carbocycles. The highest BCUT2D eigenvalue weighted by Gasteiger charge is 2.37. The van der Waals surface area contributed by atoms with Gasteiger partial charge in [0.2, 0.25) is 0 Å². The second kappa shape index (κ2) is 5.69. The molecule has 2 aliphatic rings. The van der Waals surface area contributed by atoms with Crippen molar-refractivity contribution >= 4 is 40.9 Å². The summed E-state index contributed by atoms with van der Waals surface area (Å²) in [5.74, 6) is 0.0736. The van der Waals surface area contributed by atoms with Crippen LogP contribution in [0.4, 0.5) is 0 Å². The quantitative estimate of drug-likeness (QED) is 0.384. The van der Waals surface area contributed by atoms with Crippen LogP contribution in [0.15, 0.2) is 62.1 Å². The minimum Gasteiger partial charge on any atom is -0.289 e. The molecule has 0 saturated heterocycles. The number of rotatable bonds is 0. The molecule has 0 bridgehead atoms. The highest BCUT2D eigenvalue weighted by molar-refractivity contribution is 8.24. The predicted molar refractivity (Wildman–Crippen MR) is 103 cm³/mol. The minimum absolute atomic E-state index is 0.0736. The highest BCUT2D eigenvalue weighted by atomic mass is 35.5. The van der Waals surface area contributed by atoms with E-state index in [1.165, 1.54) is 15.4 Å². The van der Waals surface area contributed by atoms with Gasteiger partial charge in [-0.2, -0.15) is 0 Å². The summed E-state index contributed by atoms with van der Waals surface area (Å²) in [7, 11) is 0. The molecule has 2 aromatic carbocycles. The Hall–Kier alpha value is -1.16. The van der Waals surface area contributed by atoms with Crippen LogP contribution >= 0.6 is 35.1 Å². The number of hydrogen-bond donors (Lipinski definition) is 0. The summed E-state index contributed by atoms with van der Waals surface area (Å²) >= 11 is 9.97. The van der Waals surface area contributed by atoms with Gasteiger partial charge in [-0.15, -0.1) is 11.6 Å². The summed E-state index contributed by atoms with van der Waals surface area (Å²) < 4.78 is 1.03. The standard InChI is InChI=1S/C20H17ClOS2/c1-20(2,3)11-8-9-14-15(10-11)24-19(23-14)16-17(21)12-6-4-5-7-13(12)18(16)22/h4-10,17H,1-3H3/b19-16-. The van der Waals surface area contributed by atoms with Crippen molar-refractivity contribution in [1.82, 2.24) is 0 Å². The van der Waals surface area contributed by atoms with Crippen molar-refractivity contribution in [3.63, 3.8) is 0 Å². The van der Waals surface area contributed by atoms with Crippen molar-refractivity contribution in [2.75, 3.05) is 0 Å². The molecule has 0 amide bonds. The SMILES string of the molecule is CC(C)(C)c1ccc2c(c1)S/C(=C1\C(=O)c3ccccc3C1Cl)S2. The minimum atomic E-state index is -0.347. The monoisotopic (exact) mass is 372 g/mol. The van der Waals surface area contributed by atoms with Gasteiger partial charge < -0.3 is 0 Å². The molecule has 122 valence electrons. The number of carbonyl (C=O) groups is 1. The van der Waals surface area contributed by atoms with E-state index in [0.717, 1.165) is 20.9 Å². The normalized spacial score (nSPS) is 22.7. The molecular weight excluding hydrogens is 356 g/mol. The van der Waals surface area contributed by atoms with Crippen LogP contribution in [0.5, 0.6) is 0 Å². The molecule has 1 atom stereocenters. The number of allylic oxidation sites excluding steroid dienone is 1. The smallest absolute Gasteiger partial charge is 0.192 e. The molecule has 0 spiro atoms. The van der Waals surface area contributed by atoms with Crippen LogP contribution in [0.1, 0.15) is 47.6 Å². The van der Waals surface area contributed by atoms with Crippen molar-refractivity contribution in [3.05, 3.63) is 69.0 Å². The predicted octanol–water partition coefficient (Wildman–Crippen LogP) is 6.57. The van der Waals surface area contributed by atoms with Crippen LogP contribution in [0, 0.1) is 0 Å². The van der Waals surface area contributed by atoms with Crippen molar-refractivity contribution < 1.29 is 4.79 Å². The van der Waals surface area contributed by atoms with E-state index in [1.54, 1.807) is 23.5 Å². The lowest BCUT2D eigenvalue weighted by atomic mass is 9.87. The summed E-state index contributed by atoms with van der Waals surface area (Å²) in [6.45, 7) is 6.65. The highest BCUT2D eigenvalue weighted by Crippen LogP contribution is 2.57. The number of benzene rings is 2. The van der Waals surface area contributed by atoms with Gasteiger partial charge in [0.25, 0.3) is 0 Å². The molecule has 0 N–H and O–H groups in total. The van der Waals surface area contributed by atoms with E-state index in [-0.39, 0.29) is 16.6 Å². The van der Waals surface area contributed by atoms with Gasteiger partial charge >= 0.3 is 0 Å². The Morgan fingerprint density at radius 1 is 1.00 bits per heavy atom. The van der Waals surface area contributed by atoms with E-state index in [0.29, 0.717) is 0 Å². The third-order valence-corrected chi connectivity index (χ3v) is 7.44. The van der Waals surface area contributed by atoms with Crippen LogP contribution in [0.25, 0.3) is 0 Å². The zero-order chi connectivity index (χ0) is 17.1. The first-order valence-electron chi connectivity index (χ1n) is 7.88. The largest absolute Gasteiger partial charge is 0.289 e. The summed E-state index contributed by atoms with van der Waals surface area (Å²) in [6, 6.07) is 14.3. The molecule has 0 aromatic heterocycles. The van der Waals surface area contributed by atoms with E-state index in [9.17, 15) is 4.79 Å². The topological polar surface area (TPSA) is 17.1 Å². The van der Waals surface area contributed by atoms with Crippen molar-refractivity contribution in [2.24, 2.45) is 0 Å². The number of fused-ring (bicyclic) bond motifs is 2. The van der Waals surface area contributed by atoms with Crippen LogP contribution in [0.3, 0.4) is 0 Å². The lowest BCUT2D eigenvalue weighted by Crippen LogP contribution is -2.10. The lowest BCUT2D eigenvalue weighted by molar-refractivity contribution is 0.103. The summed E-state index contributed by atoms with van der Waals surface area (Å²) in [4.78, 5) is 15.2. The molecule has 4 rings (SSSR count). The molecule has 0 fully saturated rings. The van der Waals surface area contributed by atoms with Gasteiger partial charge in [-0.25, -0.2) is 0 Å². The third-order valence-electron chi connectivity index (χ3n) is 4.41. The first-order chi connectivity index (χ1) is 11.4. The molecular formula is C20H17ClOS2. The first kappa shape index (κ1) is 16.3. The molecule has 1 nitrogen and oxygen atoms in total. The number of Topliss-reactive ketones (excluding diaryl/α,β-unsaturated/α-hetero) is 1. The molecule has 1 aliphatic carbocycles. The Kier molecular flexibility index (Phi) is 3.87. The Labute approximate surface area is 155 Å². The number of alkyl halides is 1. The van der Waals surface area contributed by atoms with Gasteiger partial charge in [-0.05, 0) is 28.7 Å². The van der Waals surface area contributed by atoms with Crippen molar-refractivity contribution in [1.29, 1.82) is 0 Å².